The number of carbonyl (C=O) groups excluding carboxylic acids is 1. The van der Waals surface area contributed by atoms with Crippen molar-refractivity contribution in [1.29, 1.82) is 5.26 Å². The van der Waals surface area contributed by atoms with Gasteiger partial charge in [-0.15, -0.1) is 11.8 Å². The summed E-state index contributed by atoms with van der Waals surface area (Å²) in [5.41, 5.74) is 2.25. The van der Waals surface area contributed by atoms with Gasteiger partial charge >= 0.3 is 6.03 Å². The van der Waals surface area contributed by atoms with Crippen LogP contribution in [0.15, 0.2) is 40.8 Å². The Morgan fingerprint density at radius 2 is 2.21 bits per heavy atom. The summed E-state index contributed by atoms with van der Waals surface area (Å²) in [6.45, 7) is 2.56. The molecule has 1 unspecified atom stereocenters. The third-order valence-electron chi connectivity index (χ3n) is 3.96. The molecule has 1 aliphatic rings. The van der Waals surface area contributed by atoms with Crippen LogP contribution in [0.2, 0.25) is 0 Å². The second-order valence-corrected chi connectivity index (χ2v) is 7.14. The first-order chi connectivity index (χ1) is 11.7. The molecule has 0 heterocycles. The van der Waals surface area contributed by atoms with Crippen LogP contribution in [0, 0.1) is 17.2 Å². The topological polar surface area (TPSA) is 64.9 Å². The van der Waals surface area contributed by atoms with E-state index in [1.54, 1.807) is 11.8 Å². The number of carbonyl (C=O) groups is 1. The number of rotatable bonds is 7. The Bertz CT molecular complexity index is 621. The zero-order valence-electron chi connectivity index (χ0n) is 14.2. The van der Waals surface area contributed by atoms with E-state index < -0.39 is 0 Å². The lowest BCUT2D eigenvalue weighted by Crippen LogP contribution is -2.30. The Morgan fingerprint density at radius 3 is 2.96 bits per heavy atom. The summed E-state index contributed by atoms with van der Waals surface area (Å²) in [6.07, 6.45) is 8.14. The molecule has 2 rings (SSSR count). The number of nitrogens with zero attached hydrogens (tertiary/aromatic N) is 1. The molecular formula is C19H25N3OS. The van der Waals surface area contributed by atoms with Crippen LogP contribution in [0.4, 0.5) is 10.5 Å². The summed E-state index contributed by atoms with van der Waals surface area (Å²) in [5, 5.41) is 14.7. The zero-order chi connectivity index (χ0) is 17.2. The van der Waals surface area contributed by atoms with Crippen LogP contribution >= 0.6 is 11.8 Å². The lowest BCUT2D eigenvalue weighted by molar-refractivity contribution is 0.252. The molecule has 128 valence electrons. The molecule has 1 aromatic carbocycles. The van der Waals surface area contributed by atoms with E-state index in [9.17, 15) is 4.79 Å². The summed E-state index contributed by atoms with van der Waals surface area (Å²) >= 11 is 1.59. The summed E-state index contributed by atoms with van der Waals surface area (Å²) < 4.78 is 0. The first-order valence-corrected chi connectivity index (χ1v) is 9.52. The Labute approximate surface area is 148 Å². The maximum absolute atomic E-state index is 12.1. The molecule has 2 N–H and O–H groups in total. The molecule has 2 amide bonds. The van der Waals surface area contributed by atoms with E-state index in [2.05, 4.69) is 22.8 Å². The molecule has 0 aromatic heterocycles. The van der Waals surface area contributed by atoms with Crippen LogP contribution in [-0.2, 0) is 0 Å². The molecule has 0 spiro atoms. The largest absolute Gasteiger partial charge is 0.338 e. The van der Waals surface area contributed by atoms with Crippen molar-refractivity contribution in [1.82, 2.24) is 5.32 Å². The highest BCUT2D eigenvalue weighted by atomic mass is 32.2. The Kier molecular flexibility index (Phi) is 7.70. The Morgan fingerprint density at radius 1 is 1.38 bits per heavy atom. The van der Waals surface area contributed by atoms with Crippen LogP contribution in [0.25, 0.3) is 0 Å². The van der Waals surface area contributed by atoms with Gasteiger partial charge < -0.3 is 10.6 Å². The number of hydrogen-bond donors (Lipinski definition) is 2. The first kappa shape index (κ1) is 18.4. The van der Waals surface area contributed by atoms with E-state index in [0.29, 0.717) is 12.3 Å². The Balaban J connectivity index is 1.80. The SMILES string of the molecule is CC(C#N)CSc1ccccc1NC(=O)NCCC1=CCCCC1. The van der Waals surface area contributed by atoms with Crippen molar-refractivity contribution < 1.29 is 4.79 Å². The van der Waals surface area contributed by atoms with Gasteiger partial charge in [0, 0.05) is 17.2 Å². The van der Waals surface area contributed by atoms with E-state index >= 15 is 0 Å². The smallest absolute Gasteiger partial charge is 0.319 e. The van der Waals surface area contributed by atoms with Crippen LogP contribution < -0.4 is 10.6 Å². The van der Waals surface area contributed by atoms with Crippen molar-refractivity contribution in [3.63, 3.8) is 0 Å². The van der Waals surface area contributed by atoms with Gasteiger partial charge in [0.15, 0.2) is 0 Å². The monoisotopic (exact) mass is 343 g/mol. The summed E-state index contributed by atoms with van der Waals surface area (Å²) in [5.74, 6) is 0.700. The molecule has 1 aliphatic carbocycles. The Hall–Kier alpha value is -1.93. The fraction of sp³-hybridized carbons (Fsp3) is 0.474. The molecule has 5 heteroatoms. The first-order valence-electron chi connectivity index (χ1n) is 8.53. The maximum Gasteiger partial charge on any atom is 0.319 e. The van der Waals surface area contributed by atoms with Gasteiger partial charge in [0.2, 0.25) is 0 Å². The van der Waals surface area contributed by atoms with Crippen molar-refractivity contribution in [2.75, 3.05) is 17.6 Å². The average molecular weight is 343 g/mol. The second-order valence-electron chi connectivity index (χ2n) is 6.08. The highest BCUT2D eigenvalue weighted by Gasteiger charge is 2.09. The fourth-order valence-electron chi connectivity index (χ4n) is 2.58. The standard InChI is InChI=1S/C19H25N3OS/c1-15(13-20)14-24-18-10-6-5-9-17(18)22-19(23)21-12-11-16-7-3-2-4-8-16/h5-7,9-10,15H,2-4,8,11-12,14H2,1H3,(H2,21,22,23). The van der Waals surface area contributed by atoms with Crippen molar-refractivity contribution in [2.45, 2.75) is 43.9 Å². The number of benzene rings is 1. The fourth-order valence-corrected chi connectivity index (χ4v) is 3.54. The quantitative estimate of drug-likeness (QED) is 0.544. The third-order valence-corrected chi connectivity index (χ3v) is 5.29. The minimum atomic E-state index is -0.173. The summed E-state index contributed by atoms with van der Waals surface area (Å²) in [6, 6.07) is 9.76. The molecule has 0 saturated heterocycles. The van der Waals surface area contributed by atoms with Crippen LogP contribution in [0.1, 0.15) is 39.0 Å². The normalized spacial score (nSPS) is 15.1. The van der Waals surface area contributed by atoms with E-state index in [-0.39, 0.29) is 11.9 Å². The van der Waals surface area contributed by atoms with Gasteiger partial charge in [0.25, 0.3) is 0 Å². The zero-order valence-corrected chi connectivity index (χ0v) is 15.0. The maximum atomic E-state index is 12.1. The molecule has 0 radical (unpaired) electrons. The number of nitriles is 1. The van der Waals surface area contributed by atoms with E-state index in [4.69, 9.17) is 5.26 Å². The molecular weight excluding hydrogens is 318 g/mol. The number of thioether (sulfide) groups is 1. The number of urea groups is 1. The van der Waals surface area contributed by atoms with Gasteiger partial charge in [-0.25, -0.2) is 4.79 Å². The molecule has 1 atom stereocenters. The molecule has 0 saturated carbocycles. The third kappa shape index (κ3) is 6.29. The number of nitrogens with one attached hydrogen (secondary N) is 2. The van der Waals surface area contributed by atoms with Crippen LogP contribution in [-0.4, -0.2) is 18.3 Å². The van der Waals surface area contributed by atoms with Gasteiger partial charge in [0.05, 0.1) is 17.7 Å². The number of anilines is 1. The molecule has 0 bridgehead atoms. The highest BCUT2D eigenvalue weighted by Crippen LogP contribution is 2.28. The number of allylic oxidation sites excluding steroid dienone is 1. The van der Waals surface area contributed by atoms with Crippen molar-refractivity contribution in [2.24, 2.45) is 5.92 Å². The van der Waals surface area contributed by atoms with Gasteiger partial charge in [0.1, 0.15) is 0 Å². The second kappa shape index (κ2) is 10.0. The van der Waals surface area contributed by atoms with Gasteiger partial charge in [-0.05, 0) is 51.2 Å². The van der Waals surface area contributed by atoms with E-state index in [1.165, 1.54) is 31.3 Å². The van der Waals surface area contributed by atoms with E-state index in [0.717, 1.165) is 17.0 Å². The predicted octanol–water partition coefficient (Wildman–Crippen LogP) is 4.95. The number of hydrogen-bond acceptors (Lipinski definition) is 3. The number of para-hydroxylation sites is 1. The van der Waals surface area contributed by atoms with Gasteiger partial charge in [-0.3, -0.25) is 0 Å². The minimum Gasteiger partial charge on any atom is -0.338 e. The van der Waals surface area contributed by atoms with Crippen LogP contribution in [0.5, 0.6) is 0 Å². The van der Waals surface area contributed by atoms with Gasteiger partial charge in [-0.1, -0.05) is 23.8 Å². The average Bonchev–Trinajstić information content (AvgIpc) is 2.61. The minimum absolute atomic E-state index is 0.0133. The summed E-state index contributed by atoms with van der Waals surface area (Å²) in [7, 11) is 0. The van der Waals surface area contributed by atoms with Crippen LogP contribution in [0.3, 0.4) is 0 Å². The van der Waals surface area contributed by atoms with E-state index in [1.807, 2.05) is 31.2 Å². The highest BCUT2D eigenvalue weighted by molar-refractivity contribution is 7.99. The molecule has 4 nitrogen and oxygen atoms in total. The predicted molar refractivity (Wildman–Crippen MR) is 100 cm³/mol. The molecule has 1 aromatic rings. The van der Waals surface area contributed by atoms with Crippen molar-refractivity contribution >= 4 is 23.5 Å². The molecule has 0 fully saturated rings. The lowest BCUT2D eigenvalue weighted by Gasteiger charge is -2.14. The van der Waals surface area contributed by atoms with Gasteiger partial charge in [-0.2, -0.15) is 5.26 Å². The van der Waals surface area contributed by atoms with Crippen molar-refractivity contribution in [3.05, 3.63) is 35.9 Å². The summed E-state index contributed by atoms with van der Waals surface area (Å²) in [4.78, 5) is 13.1. The lowest BCUT2D eigenvalue weighted by atomic mass is 9.97. The molecule has 24 heavy (non-hydrogen) atoms. The van der Waals surface area contributed by atoms with Crippen molar-refractivity contribution in [3.8, 4) is 6.07 Å². The number of amides is 2. The molecule has 0 aliphatic heterocycles.